The molecule has 2 heterocycles. The maximum Gasteiger partial charge on any atom is 0.249 e. The highest BCUT2D eigenvalue weighted by molar-refractivity contribution is 5.81. The van der Waals surface area contributed by atoms with Gasteiger partial charge in [0, 0.05) is 12.6 Å². The molecule has 0 fully saturated rings. The van der Waals surface area contributed by atoms with E-state index in [2.05, 4.69) is 9.98 Å². The summed E-state index contributed by atoms with van der Waals surface area (Å²) in [6, 6.07) is 5.35. The molecule has 64 valence electrons. The first-order valence-corrected chi connectivity index (χ1v) is 3.86. The molecule has 0 aromatic carbocycles. The Kier molecular flexibility index (Phi) is 1.61. The van der Waals surface area contributed by atoms with Crippen molar-refractivity contribution in [3.8, 4) is 6.07 Å². The van der Waals surface area contributed by atoms with E-state index in [0.29, 0.717) is 0 Å². The zero-order valence-corrected chi connectivity index (χ0v) is 6.81. The third-order valence-corrected chi connectivity index (χ3v) is 1.94. The van der Waals surface area contributed by atoms with Gasteiger partial charge in [-0.05, 0) is 11.6 Å². The molecule has 1 atom stereocenters. The summed E-state index contributed by atoms with van der Waals surface area (Å²) in [5.41, 5.74) is -0.0280. The summed E-state index contributed by atoms with van der Waals surface area (Å²) in [6.07, 6.45) is 3.30. The molecular weight excluding hydrogens is 166 g/mol. The van der Waals surface area contributed by atoms with Gasteiger partial charge in [-0.25, -0.2) is 4.99 Å². The number of hydrogen-bond acceptors (Lipinski definition) is 4. The summed E-state index contributed by atoms with van der Waals surface area (Å²) < 4.78 is 0. The van der Waals surface area contributed by atoms with Gasteiger partial charge in [0.1, 0.15) is 6.07 Å². The first kappa shape index (κ1) is 7.90. The molecule has 2 rings (SSSR count). The molecule has 13 heavy (non-hydrogen) atoms. The third-order valence-electron chi connectivity index (χ3n) is 1.94. The predicted octanol–water partition coefficient (Wildman–Crippen LogP) is 0.269. The number of aromatic nitrogens is 1. The Morgan fingerprint density at radius 3 is 3.23 bits per heavy atom. The summed E-state index contributed by atoms with van der Waals surface area (Å²) in [5, 5.41) is 18.2. The zero-order valence-electron chi connectivity index (χ0n) is 6.81. The molecule has 0 bridgehead atoms. The summed E-state index contributed by atoms with van der Waals surface area (Å²) >= 11 is 0. The minimum Gasteiger partial charge on any atom is -0.358 e. The van der Waals surface area contributed by atoms with Crippen LogP contribution in [0.15, 0.2) is 23.3 Å². The second kappa shape index (κ2) is 2.64. The predicted molar refractivity (Wildman–Crippen MR) is 46.1 cm³/mol. The molecule has 0 saturated heterocycles. The Morgan fingerprint density at radius 1 is 1.62 bits per heavy atom. The number of aliphatic hydroxyl groups is 1. The molecule has 1 aliphatic rings. The molecule has 1 unspecified atom stereocenters. The lowest BCUT2D eigenvalue weighted by Crippen LogP contribution is -2.30. The van der Waals surface area contributed by atoms with Gasteiger partial charge in [0.2, 0.25) is 5.72 Å². The summed E-state index contributed by atoms with van der Waals surface area (Å²) in [5.74, 6) is 0. The quantitative estimate of drug-likeness (QED) is 0.572. The molecule has 4 nitrogen and oxygen atoms in total. The maximum absolute atomic E-state index is 9.54. The number of hydrogen-bond donors (Lipinski definition) is 1. The van der Waals surface area contributed by atoms with E-state index >= 15 is 0 Å². The molecule has 0 aliphatic carbocycles. The second-order valence-electron chi connectivity index (χ2n) is 2.91. The Bertz CT molecular complexity index is 408. The summed E-state index contributed by atoms with van der Waals surface area (Å²) in [4.78, 5) is 7.78. The standard InChI is InChI=1S/C9H7N3O/c10-6-9(13)4-7-2-1-3-11-8(7)5-12-9/h1-3,5,13H,4H2. The molecule has 4 heteroatoms. The van der Waals surface area contributed by atoms with Crippen LogP contribution >= 0.6 is 0 Å². The van der Waals surface area contributed by atoms with E-state index in [1.54, 1.807) is 18.3 Å². The summed E-state index contributed by atoms with van der Waals surface area (Å²) in [7, 11) is 0. The zero-order chi connectivity index (χ0) is 9.31. The molecule has 0 radical (unpaired) electrons. The monoisotopic (exact) mass is 173 g/mol. The molecule has 0 saturated carbocycles. The molecule has 0 spiro atoms. The number of pyridine rings is 1. The van der Waals surface area contributed by atoms with Crippen LogP contribution in [-0.2, 0) is 6.42 Å². The van der Waals surface area contributed by atoms with E-state index in [0.717, 1.165) is 11.3 Å². The van der Waals surface area contributed by atoms with Gasteiger partial charge in [0.05, 0.1) is 11.9 Å². The van der Waals surface area contributed by atoms with Crippen molar-refractivity contribution in [3.63, 3.8) is 0 Å². The molecule has 1 N–H and O–H groups in total. The topological polar surface area (TPSA) is 69.3 Å². The highest BCUT2D eigenvalue weighted by Gasteiger charge is 2.29. The van der Waals surface area contributed by atoms with Crippen LogP contribution in [0.3, 0.4) is 0 Å². The molecule has 1 aromatic rings. The van der Waals surface area contributed by atoms with E-state index in [-0.39, 0.29) is 6.42 Å². The van der Waals surface area contributed by atoms with Crippen LogP contribution in [0, 0.1) is 11.3 Å². The highest BCUT2D eigenvalue weighted by atomic mass is 16.3. The van der Waals surface area contributed by atoms with E-state index in [1.165, 1.54) is 6.21 Å². The van der Waals surface area contributed by atoms with Crippen molar-refractivity contribution < 1.29 is 5.11 Å². The fourth-order valence-corrected chi connectivity index (χ4v) is 1.26. The van der Waals surface area contributed by atoms with Crippen molar-refractivity contribution in [1.82, 2.24) is 4.98 Å². The van der Waals surface area contributed by atoms with Crippen molar-refractivity contribution in [3.05, 3.63) is 29.6 Å². The fraction of sp³-hybridized carbons (Fsp3) is 0.222. The second-order valence-corrected chi connectivity index (χ2v) is 2.91. The Hall–Kier alpha value is -1.73. The first-order valence-electron chi connectivity index (χ1n) is 3.86. The normalized spacial score (nSPS) is 24.9. The van der Waals surface area contributed by atoms with Gasteiger partial charge in [-0.3, -0.25) is 4.98 Å². The number of fused-ring (bicyclic) bond motifs is 1. The number of aliphatic imine (C=N–C) groups is 1. The van der Waals surface area contributed by atoms with Crippen LogP contribution in [-0.4, -0.2) is 22.0 Å². The average molecular weight is 173 g/mol. The minimum atomic E-state index is -1.60. The minimum absolute atomic E-state index is 0.211. The maximum atomic E-state index is 9.54. The first-order chi connectivity index (χ1) is 6.23. The number of nitriles is 1. The molecule has 1 aliphatic heterocycles. The van der Waals surface area contributed by atoms with Gasteiger partial charge in [-0.15, -0.1) is 0 Å². The van der Waals surface area contributed by atoms with Crippen LogP contribution in [0.4, 0.5) is 0 Å². The SMILES string of the molecule is N#CC1(O)Cc2cccnc2C=N1. The summed E-state index contributed by atoms with van der Waals surface area (Å²) in [6.45, 7) is 0. The van der Waals surface area contributed by atoms with Gasteiger partial charge in [0.15, 0.2) is 0 Å². The third kappa shape index (κ3) is 1.30. The molecular formula is C9H7N3O. The fourth-order valence-electron chi connectivity index (χ4n) is 1.26. The van der Waals surface area contributed by atoms with Crippen LogP contribution < -0.4 is 0 Å². The lowest BCUT2D eigenvalue weighted by atomic mass is 10.0. The Labute approximate surface area is 75.2 Å². The van der Waals surface area contributed by atoms with Crippen LogP contribution in [0.2, 0.25) is 0 Å². The van der Waals surface area contributed by atoms with E-state index in [1.807, 2.05) is 6.07 Å². The van der Waals surface area contributed by atoms with E-state index in [9.17, 15) is 5.11 Å². The van der Waals surface area contributed by atoms with Gasteiger partial charge < -0.3 is 5.11 Å². The van der Waals surface area contributed by atoms with Crippen molar-refractivity contribution in [2.75, 3.05) is 0 Å². The van der Waals surface area contributed by atoms with Gasteiger partial charge >= 0.3 is 0 Å². The Morgan fingerprint density at radius 2 is 2.46 bits per heavy atom. The Balaban J connectivity index is 2.46. The van der Waals surface area contributed by atoms with Crippen LogP contribution in [0.25, 0.3) is 0 Å². The highest BCUT2D eigenvalue weighted by Crippen LogP contribution is 2.20. The molecule has 0 amide bonds. The average Bonchev–Trinajstić information content (AvgIpc) is 2.18. The van der Waals surface area contributed by atoms with Crippen molar-refractivity contribution >= 4 is 6.21 Å². The van der Waals surface area contributed by atoms with E-state index in [4.69, 9.17) is 5.26 Å². The lowest BCUT2D eigenvalue weighted by Gasteiger charge is -2.19. The van der Waals surface area contributed by atoms with Crippen molar-refractivity contribution in [2.24, 2.45) is 4.99 Å². The smallest absolute Gasteiger partial charge is 0.249 e. The van der Waals surface area contributed by atoms with Crippen molar-refractivity contribution in [1.29, 1.82) is 5.26 Å². The van der Waals surface area contributed by atoms with Gasteiger partial charge in [-0.1, -0.05) is 6.07 Å². The van der Waals surface area contributed by atoms with Gasteiger partial charge in [-0.2, -0.15) is 5.26 Å². The molecule has 1 aromatic heterocycles. The number of rotatable bonds is 0. The van der Waals surface area contributed by atoms with Gasteiger partial charge in [0.25, 0.3) is 0 Å². The lowest BCUT2D eigenvalue weighted by molar-refractivity contribution is 0.108. The largest absolute Gasteiger partial charge is 0.358 e. The van der Waals surface area contributed by atoms with Crippen molar-refractivity contribution in [2.45, 2.75) is 12.1 Å². The van der Waals surface area contributed by atoms with Crippen LogP contribution in [0.5, 0.6) is 0 Å². The van der Waals surface area contributed by atoms with E-state index < -0.39 is 5.72 Å². The number of nitrogens with zero attached hydrogens (tertiary/aromatic N) is 3. The van der Waals surface area contributed by atoms with Crippen LogP contribution in [0.1, 0.15) is 11.3 Å².